The van der Waals surface area contributed by atoms with Crippen LogP contribution in [0.5, 0.6) is 0 Å². The van der Waals surface area contributed by atoms with Crippen LogP contribution >= 0.6 is 0 Å². The largest absolute Gasteiger partial charge is 0.320 e. The van der Waals surface area contributed by atoms with E-state index >= 15 is 0 Å². The fourth-order valence-corrected chi connectivity index (χ4v) is 0.932. The Morgan fingerprint density at radius 1 is 1.58 bits per heavy atom. The van der Waals surface area contributed by atoms with Crippen molar-refractivity contribution in [2.75, 3.05) is 14.2 Å². The van der Waals surface area contributed by atoms with Gasteiger partial charge in [-0.25, -0.2) is 5.06 Å². The van der Waals surface area contributed by atoms with Crippen LogP contribution in [0.4, 0.5) is 0 Å². The topological polar surface area (TPSA) is 55.6 Å². The van der Waals surface area contributed by atoms with Crippen LogP contribution in [0.15, 0.2) is 0 Å². The maximum Gasteiger partial charge on any atom is 0.262 e. The molecule has 4 nitrogen and oxygen atoms in total. The van der Waals surface area contributed by atoms with Crippen molar-refractivity contribution in [1.29, 1.82) is 0 Å². The number of likely N-dealkylation sites (N-methyl/N-ethyl adjacent to an activating group) is 1. The second-order valence-corrected chi connectivity index (χ2v) is 3.25. The normalized spacial score (nSPS) is 13.2. The van der Waals surface area contributed by atoms with Crippen molar-refractivity contribution < 1.29 is 9.63 Å². The van der Waals surface area contributed by atoms with E-state index in [2.05, 4.69) is 0 Å². The zero-order valence-corrected chi connectivity index (χ0v) is 8.20. The molecule has 0 aliphatic carbocycles. The van der Waals surface area contributed by atoms with Gasteiger partial charge in [0.25, 0.3) is 5.91 Å². The molecule has 0 unspecified atom stereocenters. The van der Waals surface area contributed by atoms with Gasteiger partial charge in [0, 0.05) is 7.05 Å². The third-order valence-corrected chi connectivity index (χ3v) is 1.63. The van der Waals surface area contributed by atoms with Gasteiger partial charge in [0.05, 0.1) is 13.2 Å². The van der Waals surface area contributed by atoms with Crippen molar-refractivity contribution in [2.45, 2.75) is 26.3 Å². The van der Waals surface area contributed by atoms with Gasteiger partial charge in [-0.1, -0.05) is 13.8 Å². The first kappa shape index (κ1) is 11.4. The minimum atomic E-state index is -0.449. The smallest absolute Gasteiger partial charge is 0.262 e. The highest BCUT2D eigenvalue weighted by molar-refractivity contribution is 5.80. The summed E-state index contributed by atoms with van der Waals surface area (Å²) < 4.78 is 0. The second kappa shape index (κ2) is 5.11. The van der Waals surface area contributed by atoms with Gasteiger partial charge in [0.2, 0.25) is 0 Å². The van der Waals surface area contributed by atoms with E-state index in [1.54, 1.807) is 7.05 Å². The summed E-state index contributed by atoms with van der Waals surface area (Å²) in [5.41, 5.74) is 5.62. The summed E-state index contributed by atoms with van der Waals surface area (Å²) in [7, 11) is 3.00. The zero-order valence-electron chi connectivity index (χ0n) is 8.20. The average molecular weight is 174 g/mol. The number of amides is 1. The first-order valence-corrected chi connectivity index (χ1v) is 4.06. The molecule has 0 saturated heterocycles. The third kappa shape index (κ3) is 3.69. The van der Waals surface area contributed by atoms with Gasteiger partial charge >= 0.3 is 0 Å². The molecule has 0 spiro atoms. The molecule has 0 aromatic carbocycles. The van der Waals surface area contributed by atoms with Crippen LogP contribution in [0.1, 0.15) is 20.3 Å². The lowest BCUT2D eigenvalue weighted by Gasteiger charge is -2.19. The molecule has 0 fully saturated rings. The van der Waals surface area contributed by atoms with Gasteiger partial charge in [-0.2, -0.15) is 0 Å². The SMILES string of the molecule is CON(C)C(=O)[C@@H](N)CC(C)C. The van der Waals surface area contributed by atoms with Gasteiger partial charge < -0.3 is 5.73 Å². The van der Waals surface area contributed by atoms with Crippen LogP contribution in [0.25, 0.3) is 0 Å². The number of hydroxylamine groups is 2. The van der Waals surface area contributed by atoms with E-state index in [0.29, 0.717) is 12.3 Å². The Bertz CT molecular complexity index is 148. The molecule has 12 heavy (non-hydrogen) atoms. The Morgan fingerprint density at radius 3 is 2.42 bits per heavy atom. The molecule has 0 bridgehead atoms. The number of nitrogens with zero attached hydrogens (tertiary/aromatic N) is 1. The lowest BCUT2D eigenvalue weighted by Crippen LogP contribution is -2.41. The summed E-state index contributed by atoms with van der Waals surface area (Å²) in [6.45, 7) is 4.06. The Hall–Kier alpha value is -0.610. The van der Waals surface area contributed by atoms with E-state index in [0.717, 1.165) is 5.06 Å². The molecule has 2 N–H and O–H groups in total. The first-order valence-electron chi connectivity index (χ1n) is 4.06. The van der Waals surface area contributed by atoms with Gasteiger partial charge in [0.1, 0.15) is 0 Å². The maximum atomic E-state index is 11.3. The highest BCUT2D eigenvalue weighted by Crippen LogP contribution is 2.04. The Morgan fingerprint density at radius 2 is 2.08 bits per heavy atom. The zero-order chi connectivity index (χ0) is 9.72. The van der Waals surface area contributed by atoms with Gasteiger partial charge in [0.15, 0.2) is 0 Å². The van der Waals surface area contributed by atoms with Crippen LogP contribution in [0, 0.1) is 5.92 Å². The van der Waals surface area contributed by atoms with Gasteiger partial charge in [-0.05, 0) is 12.3 Å². The minimum absolute atomic E-state index is 0.175. The monoisotopic (exact) mass is 174 g/mol. The van der Waals surface area contributed by atoms with Gasteiger partial charge in [-0.3, -0.25) is 9.63 Å². The van der Waals surface area contributed by atoms with Crippen LogP contribution in [-0.4, -0.2) is 31.2 Å². The Kier molecular flexibility index (Phi) is 4.85. The number of hydrogen-bond acceptors (Lipinski definition) is 3. The van der Waals surface area contributed by atoms with E-state index in [1.165, 1.54) is 7.11 Å². The molecular formula is C8H18N2O2. The molecule has 0 aliphatic rings. The van der Waals surface area contributed by atoms with Crippen molar-refractivity contribution in [1.82, 2.24) is 5.06 Å². The molecule has 1 amide bonds. The highest BCUT2D eigenvalue weighted by Gasteiger charge is 2.18. The molecule has 72 valence electrons. The van der Waals surface area contributed by atoms with E-state index < -0.39 is 6.04 Å². The summed E-state index contributed by atoms with van der Waals surface area (Å²) in [4.78, 5) is 16.0. The van der Waals surface area contributed by atoms with Crippen LogP contribution < -0.4 is 5.73 Å². The van der Waals surface area contributed by atoms with Crippen molar-refractivity contribution in [3.05, 3.63) is 0 Å². The van der Waals surface area contributed by atoms with Crippen molar-refractivity contribution >= 4 is 5.91 Å². The van der Waals surface area contributed by atoms with Crippen LogP contribution in [0.2, 0.25) is 0 Å². The van der Waals surface area contributed by atoms with Crippen molar-refractivity contribution in [3.63, 3.8) is 0 Å². The molecule has 0 aliphatic heterocycles. The molecule has 0 rings (SSSR count). The van der Waals surface area contributed by atoms with E-state index in [1.807, 2.05) is 13.8 Å². The predicted octanol–water partition coefficient (Wildman–Crippen LogP) is 0.380. The number of carbonyl (C=O) groups excluding carboxylic acids is 1. The highest BCUT2D eigenvalue weighted by atomic mass is 16.7. The number of rotatable bonds is 4. The fraction of sp³-hybridized carbons (Fsp3) is 0.875. The second-order valence-electron chi connectivity index (χ2n) is 3.25. The summed E-state index contributed by atoms with van der Waals surface area (Å²) in [6.07, 6.45) is 0.687. The average Bonchev–Trinajstić information content (AvgIpc) is 2.00. The van der Waals surface area contributed by atoms with Crippen LogP contribution in [-0.2, 0) is 9.63 Å². The number of hydrogen-bond donors (Lipinski definition) is 1. The van der Waals surface area contributed by atoms with E-state index in [9.17, 15) is 4.79 Å². The molecule has 0 aromatic rings. The molecule has 0 heterocycles. The molecular weight excluding hydrogens is 156 g/mol. The molecule has 0 aromatic heterocycles. The molecule has 1 atom stereocenters. The fourth-order valence-electron chi connectivity index (χ4n) is 0.932. The molecule has 4 heteroatoms. The maximum absolute atomic E-state index is 11.3. The third-order valence-electron chi connectivity index (χ3n) is 1.63. The predicted molar refractivity (Wildman–Crippen MR) is 47.2 cm³/mol. The summed E-state index contributed by atoms with van der Waals surface area (Å²) in [5.74, 6) is 0.250. The Balaban J connectivity index is 3.92. The van der Waals surface area contributed by atoms with Gasteiger partial charge in [-0.15, -0.1) is 0 Å². The molecule has 0 saturated carbocycles. The van der Waals surface area contributed by atoms with Crippen LogP contribution in [0.3, 0.4) is 0 Å². The standard InChI is InChI=1S/C8H18N2O2/c1-6(2)5-7(9)8(11)10(3)12-4/h6-7H,5,9H2,1-4H3/t7-/m0/s1. The summed E-state index contributed by atoms with van der Waals surface area (Å²) >= 11 is 0. The first-order chi connectivity index (χ1) is 5.49. The lowest BCUT2D eigenvalue weighted by atomic mass is 10.0. The molecule has 0 radical (unpaired) electrons. The lowest BCUT2D eigenvalue weighted by molar-refractivity contribution is -0.170. The number of carbonyl (C=O) groups is 1. The number of nitrogens with two attached hydrogens (primary N) is 1. The Labute approximate surface area is 73.6 Å². The van der Waals surface area contributed by atoms with E-state index in [-0.39, 0.29) is 5.91 Å². The summed E-state index contributed by atoms with van der Waals surface area (Å²) in [6, 6.07) is -0.449. The van der Waals surface area contributed by atoms with E-state index in [4.69, 9.17) is 10.6 Å². The van der Waals surface area contributed by atoms with Crippen molar-refractivity contribution in [3.8, 4) is 0 Å². The minimum Gasteiger partial charge on any atom is -0.320 e. The van der Waals surface area contributed by atoms with Crippen molar-refractivity contribution in [2.24, 2.45) is 11.7 Å². The summed E-state index contributed by atoms with van der Waals surface area (Å²) in [5, 5.41) is 1.16. The quantitative estimate of drug-likeness (QED) is 0.627.